The normalized spacial score (nSPS) is 18.1. The molecule has 1 heterocycles. The number of carboxylic acids is 1. The molecule has 1 unspecified atom stereocenters. The molecule has 2 N–H and O–H groups in total. The largest absolute Gasteiger partial charge is 0.481 e. The smallest absolute Gasteiger partial charge is 0.321 e. The maximum atomic E-state index is 12.1. The molecule has 1 aliphatic heterocycles. The number of rotatable bonds is 3. The molecule has 0 saturated carbocycles. The highest BCUT2D eigenvalue weighted by atomic mass is 35.5. The van der Waals surface area contributed by atoms with Crippen LogP contribution >= 0.6 is 23.2 Å². The van der Waals surface area contributed by atoms with Crippen LogP contribution in [0.5, 0.6) is 0 Å². The summed E-state index contributed by atoms with van der Waals surface area (Å²) in [5.74, 6) is -0.822. The quantitative estimate of drug-likeness (QED) is 0.898. The van der Waals surface area contributed by atoms with E-state index in [1.165, 1.54) is 0 Å². The van der Waals surface area contributed by atoms with Crippen molar-refractivity contribution in [3.05, 3.63) is 28.2 Å². The first-order valence-corrected chi connectivity index (χ1v) is 6.94. The molecule has 1 atom stereocenters. The lowest BCUT2D eigenvalue weighted by Gasteiger charge is -2.17. The van der Waals surface area contributed by atoms with Crippen molar-refractivity contribution in [2.45, 2.75) is 12.8 Å². The van der Waals surface area contributed by atoms with E-state index in [1.807, 2.05) is 0 Å². The van der Waals surface area contributed by atoms with Gasteiger partial charge in [-0.3, -0.25) is 4.79 Å². The molecule has 1 saturated heterocycles. The number of halogens is 2. The van der Waals surface area contributed by atoms with Crippen molar-refractivity contribution in [1.29, 1.82) is 0 Å². The number of carboxylic acid groups (broad SMARTS) is 1. The molecule has 108 valence electrons. The number of anilines is 1. The van der Waals surface area contributed by atoms with Gasteiger partial charge in [0.25, 0.3) is 0 Å². The van der Waals surface area contributed by atoms with Gasteiger partial charge in [-0.05, 0) is 30.5 Å². The monoisotopic (exact) mass is 316 g/mol. The second-order valence-corrected chi connectivity index (χ2v) is 5.60. The first-order chi connectivity index (χ1) is 9.45. The van der Waals surface area contributed by atoms with Gasteiger partial charge in [0.15, 0.2) is 0 Å². The molecule has 0 radical (unpaired) electrons. The minimum Gasteiger partial charge on any atom is -0.481 e. The van der Waals surface area contributed by atoms with Crippen molar-refractivity contribution in [1.82, 2.24) is 4.90 Å². The molecule has 2 rings (SSSR count). The number of carbonyl (C=O) groups excluding carboxylic acids is 1. The predicted molar refractivity (Wildman–Crippen MR) is 77.4 cm³/mol. The van der Waals surface area contributed by atoms with E-state index in [0.29, 0.717) is 35.2 Å². The summed E-state index contributed by atoms with van der Waals surface area (Å²) in [6, 6.07) is 4.55. The van der Waals surface area contributed by atoms with E-state index < -0.39 is 5.97 Å². The lowest BCUT2D eigenvalue weighted by atomic mass is 10.1. The molecule has 1 aliphatic rings. The highest BCUT2D eigenvalue weighted by Crippen LogP contribution is 2.26. The molecule has 1 fully saturated rings. The zero-order chi connectivity index (χ0) is 14.7. The maximum absolute atomic E-state index is 12.1. The van der Waals surface area contributed by atoms with E-state index in [9.17, 15) is 9.59 Å². The lowest BCUT2D eigenvalue weighted by Crippen LogP contribution is -2.33. The van der Waals surface area contributed by atoms with Crippen LogP contribution in [0.2, 0.25) is 10.0 Å². The molecular weight excluding hydrogens is 303 g/mol. The number of benzene rings is 1. The van der Waals surface area contributed by atoms with E-state index in [2.05, 4.69) is 5.32 Å². The summed E-state index contributed by atoms with van der Waals surface area (Å²) in [5, 5.41) is 12.3. The number of nitrogens with one attached hydrogen (secondary N) is 1. The lowest BCUT2D eigenvalue weighted by molar-refractivity contribution is -0.138. The Labute approximate surface area is 126 Å². The van der Waals surface area contributed by atoms with E-state index in [4.69, 9.17) is 28.3 Å². The maximum Gasteiger partial charge on any atom is 0.321 e. The number of amides is 2. The van der Waals surface area contributed by atoms with Gasteiger partial charge < -0.3 is 15.3 Å². The predicted octanol–water partition coefficient (Wildman–Crippen LogP) is 3.32. The fraction of sp³-hybridized carbons (Fsp3) is 0.385. The zero-order valence-corrected chi connectivity index (χ0v) is 12.1. The molecular formula is C13H14Cl2N2O3. The summed E-state index contributed by atoms with van der Waals surface area (Å²) in [6.07, 6.45) is 0.791. The van der Waals surface area contributed by atoms with Crippen molar-refractivity contribution < 1.29 is 14.7 Å². The van der Waals surface area contributed by atoms with Crippen LogP contribution in [0.3, 0.4) is 0 Å². The van der Waals surface area contributed by atoms with E-state index in [0.717, 1.165) is 0 Å². The minimum atomic E-state index is -0.835. The Morgan fingerprint density at radius 2 is 2.15 bits per heavy atom. The molecule has 5 nitrogen and oxygen atoms in total. The number of nitrogens with zero attached hydrogens (tertiary/aromatic N) is 1. The average molecular weight is 317 g/mol. The van der Waals surface area contributed by atoms with Gasteiger partial charge in [-0.25, -0.2) is 4.79 Å². The summed E-state index contributed by atoms with van der Waals surface area (Å²) in [5.41, 5.74) is 0.489. The van der Waals surface area contributed by atoms with Crippen LogP contribution in [-0.2, 0) is 4.79 Å². The zero-order valence-electron chi connectivity index (χ0n) is 10.6. The summed E-state index contributed by atoms with van der Waals surface area (Å²) in [6.45, 7) is 0.998. The fourth-order valence-electron chi connectivity index (χ4n) is 2.22. The summed E-state index contributed by atoms with van der Waals surface area (Å²) >= 11 is 11.8. The number of likely N-dealkylation sites (tertiary alicyclic amines) is 1. The molecule has 7 heteroatoms. The standard InChI is InChI=1S/C13H14Cl2N2O3/c14-9-1-2-11(10(15)6-9)16-13(20)17-4-3-8(7-17)5-12(18)19/h1-2,6,8H,3-5,7H2,(H,16,20)(H,18,19). The van der Waals surface area contributed by atoms with Crippen LogP contribution in [-0.4, -0.2) is 35.1 Å². The Morgan fingerprint density at radius 3 is 2.80 bits per heavy atom. The molecule has 0 aliphatic carbocycles. The number of hydrogen-bond donors (Lipinski definition) is 2. The van der Waals surface area contributed by atoms with Gasteiger partial charge in [0.1, 0.15) is 0 Å². The van der Waals surface area contributed by atoms with Crippen molar-refractivity contribution in [3.63, 3.8) is 0 Å². The van der Waals surface area contributed by atoms with Gasteiger partial charge in [-0.1, -0.05) is 23.2 Å². The Balaban J connectivity index is 1.94. The van der Waals surface area contributed by atoms with Crippen LogP contribution in [0.4, 0.5) is 10.5 Å². The van der Waals surface area contributed by atoms with Gasteiger partial charge in [0.2, 0.25) is 0 Å². The van der Waals surface area contributed by atoms with E-state index in [1.54, 1.807) is 23.1 Å². The van der Waals surface area contributed by atoms with E-state index >= 15 is 0 Å². The molecule has 0 spiro atoms. The topological polar surface area (TPSA) is 69.6 Å². The van der Waals surface area contributed by atoms with Crippen molar-refractivity contribution in [2.75, 3.05) is 18.4 Å². The van der Waals surface area contributed by atoms with Crippen LogP contribution < -0.4 is 5.32 Å². The minimum absolute atomic E-state index is 0.0129. The van der Waals surface area contributed by atoms with E-state index in [-0.39, 0.29) is 18.4 Å². The Bertz CT molecular complexity index is 536. The number of carbonyl (C=O) groups is 2. The average Bonchev–Trinajstić information content (AvgIpc) is 2.80. The highest BCUT2D eigenvalue weighted by Gasteiger charge is 2.27. The van der Waals surface area contributed by atoms with Gasteiger partial charge >= 0.3 is 12.0 Å². The summed E-state index contributed by atoms with van der Waals surface area (Å²) in [7, 11) is 0. The van der Waals surface area contributed by atoms with Crippen LogP contribution in [0.15, 0.2) is 18.2 Å². The first-order valence-electron chi connectivity index (χ1n) is 6.18. The Morgan fingerprint density at radius 1 is 1.40 bits per heavy atom. The highest BCUT2D eigenvalue weighted by molar-refractivity contribution is 6.36. The Kier molecular flexibility index (Phi) is 4.73. The van der Waals surface area contributed by atoms with Crippen molar-refractivity contribution >= 4 is 40.9 Å². The van der Waals surface area contributed by atoms with Crippen molar-refractivity contribution in [2.24, 2.45) is 5.92 Å². The molecule has 0 aromatic heterocycles. The van der Waals surface area contributed by atoms with Crippen LogP contribution in [0.1, 0.15) is 12.8 Å². The second kappa shape index (κ2) is 6.33. The van der Waals surface area contributed by atoms with Gasteiger partial charge in [-0.2, -0.15) is 0 Å². The third kappa shape index (κ3) is 3.77. The van der Waals surface area contributed by atoms with Crippen molar-refractivity contribution in [3.8, 4) is 0 Å². The van der Waals surface area contributed by atoms with Gasteiger partial charge in [-0.15, -0.1) is 0 Å². The fourth-order valence-corrected chi connectivity index (χ4v) is 2.67. The molecule has 1 aromatic carbocycles. The third-order valence-electron chi connectivity index (χ3n) is 3.21. The third-order valence-corrected chi connectivity index (χ3v) is 3.76. The number of aliphatic carboxylic acids is 1. The van der Waals surface area contributed by atoms with Crippen LogP contribution in [0.25, 0.3) is 0 Å². The number of hydrogen-bond acceptors (Lipinski definition) is 2. The van der Waals surface area contributed by atoms with Crippen LogP contribution in [0, 0.1) is 5.92 Å². The molecule has 1 aromatic rings. The first kappa shape index (κ1) is 14.9. The summed E-state index contributed by atoms with van der Waals surface area (Å²) < 4.78 is 0. The number of urea groups is 1. The molecule has 0 bridgehead atoms. The SMILES string of the molecule is O=C(O)CC1CCN(C(=O)Nc2ccc(Cl)cc2Cl)C1. The Hall–Kier alpha value is -1.46. The molecule has 2 amide bonds. The van der Waals surface area contributed by atoms with Gasteiger partial charge in [0.05, 0.1) is 10.7 Å². The molecule has 20 heavy (non-hydrogen) atoms. The summed E-state index contributed by atoms with van der Waals surface area (Å²) in [4.78, 5) is 24.3. The second-order valence-electron chi connectivity index (χ2n) is 4.75. The van der Waals surface area contributed by atoms with Gasteiger partial charge in [0, 0.05) is 24.5 Å².